The maximum atomic E-state index is 12.1. The number of hydrogen-bond donors (Lipinski definition) is 3. The molecule has 0 aliphatic carbocycles. The van der Waals surface area contributed by atoms with Gasteiger partial charge in [-0.25, -0.2) is 4.79 Å². The van der Waals surface area contributed by atoms with Gasteiger partial charge < -0.3 is 16.2 Å². The number of hydrogen-bond acceptors (Lipinski definition) is 3. The van der Waals surface area contributed by atoms with Crippen LogP contribution >= 0.6 is 0 Å². The second kappa shape index (κ2) is 7.99. The first-order chi connectivity index (χ1) is 9.54. The second-order valence-electron chi connectivity index (χ2n) is 4.51. The summed E-state index contributed by atoms with van der Waals surface area (Å²) in [5.41, 5.74) is 6.94. The number of rotatable bonds is 7. The lowest BCUT2D eigenvalue weighted by atomic mass is 10.1. The van der Waals surface area contributed by atoms with Crippen LogP contribution in [0.2, 0.25) is 0 Å². The summed E-state index contributed by atoms with van der Waals surface area (Å²) in [6.45, 7) is 2.05. The predicted molar refractivity (Wildman–Crippen MR) is 79.3 cm³/mol. The van der Waals surface area contributed by atoms with Crippen molar-refractivity contribution in [2.75, 3.05) is 11.1 Å². The van der Waals surface area contributed by atoms with E-state index in [1.54, 1.807) is 24.3 Å². The number of nitrogen functional groups attached to an aromatic ring is 1. The molecule has 20 heavy (non-hydrogen) atoms. The molecule has 0 atom stereocenters. The molecule has 0 aliphatic heterocycles. The molecular weight excluding hydrogens is 256 g/mol. The molecule has 0 fully saturated rings. The van der Waals surface area contributed by atoms with Crippen LogP contribution in [-0.4, -0.2) is 17.0 Å². The van der Waals surface area contributed by atoms with E-state index in [1.165, 1.54) is 0 Å². The Hall–Kier alpha value is -2.30. The summed E-state index contributed by atoms with van der Waals surface area (Å²) >= 11 is 0. The van der Waals surface area contributed by atoms with Crippen LogP contribution < -0.4 is 11.1 Å². The molecule has 1 aromatic rings. The van der Waals surface area contributed by atoms with E-state index in [0.29, 0.717) is 17.8 Å². The van der Waals surface area contributed by atoms with Gasteiger partial charge in [0, 0.05) is 11.6 Å². The Balaban J connectivity index is 2.78. The van der Waals surface area contributed by atoms with Gasteiger partial charge in [0.1, 0.15) is 0 Å². The van der Waals surface area contributed by atoms with E-state index in [1.807, 2.05) is 6.92 Å². The molecular formula is C15H20N2O3. The first-order valence-electron chi connectivity index (χ1n) is 6.64. The number of unbranched alkanes of at least 4 members (excludes halogenated alkanes) is 2. The van der Waals surface area contributed by atoms with Crippen molar-refractivity contribution in [3.05, 3.63) is 35.9 Å². The van der Waals surface area contributed by atoms with Crippen molar-refractivity contribution >= 4 is 23.3 Å². The zero-order chi connectivity index (χ0) is 15.0. The molecule has 0 spiro atoms. The SMILES string of the molecule is CCCCC/C(=C/C(=O)O)C(=O)Nc1ccccc1N. The third-order valence-electron chi connectivity index (χ3n) is 2.85. The normalized spacial score (nSPS) is 11.2. The summed E-state index contributed by atoms with van der Waals surface area (Å²) in [6, 6.07) is 6.87. The van der Waals surface area contributed by atoms with Crippen LogP contribution in [0.5, 0.6) is 0 Å². The highest BCUT2D eigenvalue weighted by molar-refractivity contribution is 6.07. The standard InChI is InChI=1S/C15H20N2O3/c1-2-3-4-7-11(10-14(18)19)15(20)17-13-9-6-5-8-12(13)16/h5-6,8-10H,2-4,7,16H2,1H3,(H,17,20)(H,18,19)/b11-10-. The molecule has 5 nitrogen and oxygen atoms in total. The predicted octanol–water partition coefficient (Wildman–Crippen LogP) is 2.80. The fourth-order valence-electron chi connectivity index (χ4n) is 1.78. The number of aliphatic carboxylic acids is 1. The number of carboxylic acids is 1. The first-order valence-corrected chi connectivity index (χ1v) is 6.64. The molecule has 0 bridgehead atoms. The van der Waals surface area contributed by atoms with Gasteiger partial charge in [-0.1, -0.05) is 31.9 Å². The molecule has 0 radical (unpaired) electrons. The monoisotopic (exact) mass is 276 g/mol. The summed E-state index contributed by atoms with van der Waals surface area (Å²) in [6.07, 6.45) is 4.15. The van der Waals surface area contributed by atoms with Gasteiger partial charge in [0.05, 0.1) is 11.4 Å². The quantitative estimate of drug-likeness (QED) is 0.405. The lowest BCUT2D eigenvalue weighted by Gasteiger charge is -2.10. The van der Waals surface area contributed by atoms with Gasteiger partial charge in [0.25, 0.3) is 5.91 Å². The second-order valence-corrected chi connectivity index (χ2v) is 4.51. The number of amides is 1. The number of nitrogens with one attached hydrogen (secondary N) is 1. The molecule has 0 unspecified atom stereocenters. The Labute approximate surface area is 118 Å². The minimum Gasteiger partial charge on any atom is -0.478 e. The lowest BCUT2D eigenvalue weighted by molar-refractivity contribution is -0.131. The molecule has 1 amide bonds. The van der Waals surface area contributed by atoms with E-state index < -0.39 is 11.9 Å². The molecule has 1 rings (SSSR count). The summed E-state index contributed by atoms with van der Waals surface area (Å²) < 4.78 is 0. The van der Waals surface area contributed by atoms with E-state index in [0.717, 1.165) is 25.3 Å². The minimum absolute atomic E-state index is 0.259. The van der Waals surface area contributed by atoms with Crippen LogP contribution in [0.25, 0.3) is 0 Å². The summed E-state index contributed by atoms with van der Waals surface area (Å²) in [5.74, 6) is -1.53. The molecule has 0 saturated carbocycles. The maximum absolute atomic E-state index is 12.1. The number of carbonyl (C=O) groups excluding carboxylic acids is 1. The van der Waals surface area contributed by atoms with E-state index in [-0.39, 0.29) is 5.57 Å². The molecule has 4 N–H and O–H groups in total. The zero-order valence-electron chi connectivity index (χ0n) is 11.6. The Morgan fingerprint density at radius 3 is 2.60 bits per heavy atom. The molecule has 1 aromatic carbocycles. The number of para-hydroxylation sites is 2. The van der Waals surface area contributed by atoms with Crippen molar-refractivity contribution in [1.82, 2.24) is 0 Å². The molecule has 5 heteroatoms. The maximum Gasteiger partial charge on any atom is 0.328 e. The van der Waals surface area contributed by atoms with Crippen LogP contribution in [0.3, 0.4) is 0 Å². The highest BCUT2D eigenvalue weighted by atomic mass is 16.4. The van der Waals surface area contributed by atoms with Gasteiger partial charge in [-0.05, 0) is 25.0 Å². The van der Waals surface area contributed by atoms with Gasteiger partial charge in [0.2, 0.25) is 0 Å². The van der Waals surface area contributed by atoms with Crippen LogP contribution in [0, 0.1) is 0 Å². The lowest BCUT2D eigenvalue weighted by Crippen LogP contribution is -2.16. The van der Waals surface area contributed by atoms with Crippen molar-refractivity contribution in [2.24, 2.45) is 0 Å². The van der Waals surface area contributed by atoms with Crippen LogP contribution in [0.15, 0.2) is 35.9 Å². The Morgan fingerprint density at radius 1 is 1.30 bits per heavy atom. The van der Waals surface area contributed by atoms with Crippen LogP contribution in [-0.2, 0) is 9.59 Å². The number of carbonyl (C=O) groups is 2. The van der Waals surface area contributed by atoms with E-state index in [9.17, 15) is 9.59 Å². The van der Waals surface area contributed by atoms with Gasteiger partial charge in [-0.3, -0.25) is 4.79 Å². The van der Waals surface area contributed by atoms with Crippen molar-refractivity contribution in [2.45, 2.75) is 32.6 Å². The number of carboxylic acid groups (broad SMARTS) is 1. The Bertz CT molecular complexity index is 510. The summed E-state index contributed by atoms with van der Waals surface area (Å²) in [4.78, 5) is 22.9. The van der Waals surface area contributed by atoms with E-state index in [4.69, 9.17) is 10.8 Å². The third-order valence-corrected chi connectivity index (χ3v) is 2.85. The van der Waals surface area contributed by atoms with E-state index in [2.05, 4.69) is 5.32 Å². The number of benzene rings is 1. The van der Waals surface area contributed by atoms with Gasteiger partial charge in [-0.15, -0.1) is 0 Å². The summed E-state index contributed by atoms with van der Waals surface area (Å²) in [5, 5.41) is 11.5. The van der Waals surface area contributed by atoms with Gasteiger partial charge >= 0.3 is 5.97 Å². The first kappa shape index (κ1) is 15.8. The Morgan fingerprint density at radius 2 is 2.00 bits per heavy atom. The zero-order valence-corrected chi connectivity index (χ0v) is 11.6. The largest absolute Gasteiger partial charge is 0.478 e. The highest BCUT2D eigenvalue weighted by Gasteiger charge is 2.12. The van der Waals surface area contributed by atoms with Gasteiger partial charge in [0.15, 0.2) is 0 Å². The van der Waals surface area contributed by atoms with Gasteiger partial charge in [-0.2, -0.15) is 0 Å². The van der Waals surface area contributed by atoms with Crippen molar-refractivity contribution in [3.63, 3.8) is 0 Å². The molecule has 108 valence electrons. The molecule has 0 heterocycles. The highest BCUT2D eigenvalue weighted by Crippen LogP contribution is 2.19. The van der Waals surface area contributed by atoms with Crippen LogP contribution in [0.1, 0.15) is 32.6 Å². The molecule has 0 aliphatic rings. The van der Waals surface area contributed by atoms with Crippen molar-refractivity contribution < 1.29 is 14.7 Å². The Kier molecular flexibility index (Phi) is 6.29. The number of anilines is 2. The smallest absolute Gasteiger partial charge is 0.328 e. The average molecular weight is 276 g/mol. The topological polar surface area (TPSA) is 92.4 Å². The van der Waals surface area contributed by atoms with Crippen molar-refractivity contribution in [3.8, 4) is 0 Å². The minimum atomic E-state index is -1.12. The average Bonchev–Trinajstić information content (AvgIpc) is 2.40. The van der Waals surface area contributed by atoms with E-state index >= 15 is 0 Å². The molecule has 0 saturated heterocycles. The fraction of sp³-hybridized carbons (Fsp3) is 0.333. The van der Waals surface area contributed by atoms with Crippen molar-refractivity contribution in [1.29, 1.82) is 0 Å². The van der Waals surface area contributed by atoms with Crippen LogP contribution in [0.4, 0.5) is 11.4 Å². The molecule has 0 aromatic heterocycles. The number of nitrogens with two attached hydrogens (primary N) is 1. The summed E-state index contributed by atoms with van der Waals surface area (Å²) in [7, 11) is 0. The third kappa shape index (κ3) is 5.14. The fourth-order valence-corrected chi connectivity index (χ4v) is 1.78.